The van der Waals surface area contributed by atoms with Gasteiger partial charge in [-0.15, -0.1) is 0 Å². The Labute approximate surface area is 144 Å². The third-order valence-corrected chi connectivity index (χ3v) is 4.64. The molecule has 122 valence electrons. The van der Waals surface area contributed by atoms with Gasteiger partial charge in [-0.1, -0.05) is 72.4 Å². The number of hydrazine groups is 1. The minimum absolute atomic E-state index is 0.343. The van der Waals surface area contributed by atoms with Gasteiger partial charge in [-0.05, 0) is 11.1 Å². The molecule has 0 aliphatic heterocycles. The number of rotatable bonds is 6. The number of nitrogens with two attached hydrogens (primary N) is 1. The lowest BCUT2D eigenvalue weighted by Gasteiger charge is -2.11. The first kappa shape index (κ1) is 16.3. The summed E-state index contributed by atoms with van der Waals surface area (Å²) in [6.45, 7) is 0.570. The summed E-state index contributed by atoms with van der Waals surface area (Å²) in [5.74, 6) is 5.74. The topological polar surface area (TPSA) is 72.9 Å². The zero-order valence-electron chi connectivity index (χ0n) is 13.1. The molecule has 0 fully saturated rings. The number of aromatic nitrogens is 2. The zero-order chi connectivity index (χ0) is 16.8. The lowest BCUT2D eigenvalue weighted by atomic mass is 10.2. The van der Waals surface area contributed by atoms with Crippen molar-refractivity contribution in [1.82, 2.24) is 15.0 Å². The Bertz CT molecular complexity index is 802. The second-order valence-electron chi connectivity index (χ2n) is 5.25. The third kappa shape index (κ3) is 3.84. The maximum absolute atomic E-state index is 12.0. The fraction of sp³-hybridized carbons (Fsp3) is 0.111. The molecule has 0 saturated carbocycles. The van der Waals surface area contributed by atoms with Crippen molar-refractivity contribution < 1.29 is 4.79 Å². The summed E-state index contributed by atoms with van der Waals surface area (Å²) in [4.78, 5) is 16.4. The third-order valence-electron chi connectivity index (χ3n) is 3.58. The van der Waals surface area contributed by atoms with Crippen LogP contribution in [0, 0.1) is 0 Å². The number of hydrogen-bond acceptors (Lipinski definition) is 4. The van der Waals surface area contributed by atoms with Crippen LogP contribution in [0.25, 0.3) is 0 Å². The molecule has 6 heteroatoms. The molecule has 2 aromatic carbocycles. The Morgan fingerprint density at radius 3 is 2.29 bits per heavy atom. The van der Waals surface area contributed by atoms with Crippen molar-refractivity contribution in [3.63, 3.8) is 0 Å². The van der Waals surface area contributed by atoms with Gasteiger partial charge >= 0.3 is 0 Å². The fourth-order valence-electron chi connectivity index (χ4n) is 2.37. The number of imidazole rings is 1. The van der Waals surface area contributed by atoms with E-state index in [1.54, 1.807) is 18.0 Å². The van der Waals surface area contributed by atoms with Crippen LogP contribution in [0.3, 0.4) is 0 Å². The number of carbonyl (C=O) groups is 1. The maximum Gasteiger partial charge on any atom is 0.283 e. The van der Waals surface area contributed by atoms with Crippen LogP contribution in [0.5, 0.6) is 0 Å². The predicted octanol–water partition coefficient (Wildman–Crippen LogP) is 2.83. The molecular weight excluding hydrogens is 320 g/mol. The Morgan fingerprint density at radius 1 is 1.04 bits per heavy atom. The van der Waals surface area contributed by atoms with E-state index in [0.717, 1.165) is 16.5 Å². The van der Waals surface area contributed by atoms with Gasteiger partial charge in [0, 0.05) is 5.75 Å². The lowest BCUT2D eigenvalue weighted by Crippen LogP contribution is -2.32. The Kier molecular flexibility index (Phi) is 5.30. The molecule has 3 aromatic rings. The molecule has 0 radical (unpaired) electrons. The molecule has 0 atom stereocenters. The molecular formula is C18H18N4OS. The Hall–Kier alpha value is -2.57. The second kappa shape index (κ2) is 7.81. The van der Waals surface area contributed by atoms with Crippen molar-refractivity contribution in [3.05, 3.63) is 83.7 Å². The highest BCUT2D eigenvalue weighted by molar-refractivity contribution is 7.98. The van der Waals surface area contributed by atoms with Crippen LogP contribution in [-0.4, -0.2) is 15.5 Å². The number of carbonyl (C=O) groups excluding carboxylic acids is 1. The minimum atomic E-state index is -0.343. The van der Waals surface area contributed by atoms with Gasteiger partial charge in [-0.25, -0.2) is 10.8 Å². The molecule has 0 aliphatic rings. The average molecular weight is 338 g/mol. The first-order chi connectivity index (χ1) is 11.8. The number of nitrogens with zero attached hydrogens (tertiary/aromatic N) is 2. The van der Waals surface area contributed by atoms with Crippen molar-refractivity contribution >= 4 is 17.7 Å². The highest BCUT2D eigenvalue weighted by Crippen LogP contribution is 2.24. The molecule has 0 unspecified atom stereocenters. The van der Waals surface area contributed by atoms with E-state index in [4.69, 9.17) is 5.84 Å². The van der Waals surface area contributed by atoms with Gasteiger partial charge in [-0.3, -0.25) is 10.2 Å². The summed E-state index contributed by atoms with van der Waals surface area (Å²) in [6.07, 6.45) is 1.57. The summed E-state index contributed by atoms with van der Waals surface area (Å²) in [6, 6.07) is 20.1. The fourth-order valence-corrected chi connectivity index (χ4v) is 3.30. The maximum atomic E-state index is 12.0. The summed E-state index contributed by atoms with van der Waals surface area (Å²) < 4.78 is 1.89. The summed E-state index contributed by atoms with van der Waals surface area (Å²) in [7, 11) is 0. The molecule has 0 saturated heterocycles. The summed E-state index contributed by atoms with van der Waals surface area (Å²) >= 11 is 1.60. The van der Waals surface area contributed by atoms with Gasteiger partial charge in [0.25, 0.3) is 5.91 Å². The Balaban J connectivity index is 1.85. The van der Waals surface area contributed by atoms with Crippen LogP contribution in [0.2, 0.25) is 0 Å². The normalized spacial score (nSPS) is 10.5. The average Bonchev–Trinajstić information content (AvgIpc) is 3.03. The van der Waals surface area contributed by atoms with Crippen molar-refractivity contribution in [1.29, 1.82) is 0 Å². The van der Waals surface area contributed by atoms with Crippen LogP contribution in [0.15, 0.2) is 72.0 Å². The standard InChI is InChI=1S/C18H18N4OS/c19-21-17(23)16-11-20-18(24-13-15-9-5-2-6-10-15)22(16)12-14-7-3-1-4-8-14/h1-11H,12-13,19H2,(H,21,23). The van der Waals surface area contributed by atoms with Gasteiger partial charge in [0.2, 0.25) is 0 Å². The van der Waals surface area contributed by atoms with E-state index < -0.39 is 0 Å². The molecule has 1 aromatic heterocycles. The van der Waals surface area contributed by atoms with Crippen molar-refractivity contribution in [2.45, 2.75) is 17.5 Å². The summed E-state index contributed by atoms with van der Waals surface area (Å²) in [5, 5.41) is 0.793. The lowest BCUT2D eigenvalue weighted by molar-refractivity contribution is 0.0944. The van der Waals surface area contributed by atoms with E-state index in [2.05, 4.69) is 22.5 Å². The number of nitrogen functional groups attached to an aromatic ring is 1. The van der Waals surface area contributed by atoms with Gasteiger partial charge in [0.05, 0.1) is 12.7 Å². The number of thioether (sulfide) groups is 1. The van der Waals surface area contributed by atoms with Gasteiger partial charge in [0.15, 0.2) is 5.16 Å². The molecule has 3 rings (SSSR count). The van der Waals surface area contributed by atoms with Gasteiger partial charge in [-0.2, -0.15) is 0 Å². The van der Waals surface area contributed by atoms with E-state index in [1.165, 1.54) is 5.56 Å². The predicted molar refractivity (Wildman–Crippen MR) is 95.4 cm³/mol. The quantitative estimate of drug-likeness (QED) is 0.314. The highest BCUT2D eigenvalue weighted by atomic mass is 32.2. The SMILES string of the molecule is NNC(=O)c1cnc(SCc2ccccc2)n1Cc1ccccc1. The molecule has 1 heterocycles. The van der Waals surface area contributed by atoms with Crippen LogP contribution >= 0.6 is 11.8 Å². The van der Waals surface area contributed by atoms with E-state index in [9.17, 15) is 4.79 Å². The number of nitrogens with one attached hydrogen (secondary N) is 1. The number of amides is 1. The highest BCUT2D eigenvalue weighted by Gasteiger charge is 2.16. The first-order valence-corrected chi connectivity index (χ1v) is 8.53. The Morgan fingerprint density at radius 2 is 1.67 bits per heavy atom. The first-order valence-electron chi connectivity index (χ1n) is 7.55. The molecule has 3 N–H and O–H groups in total. The molecule has 0 aliphatic carbocycles. The molecule has 0 spiro atoms. The molecule has 0 bridgehead atoms. The minimum Gasteiger partial charge on any atom is -0.310 e. The number of benzene rings is 2. The van der Waals surface area contributed by atoms with Gasteiger partial charge in [0.1, 0.15) is 5.69 Å². The second-order valence-corrected chi connectivity index (χ2v) is 6.19. The largest absolute Gasteiger partial charge is 0.310 e. The molecule has 1 amide bonds. The molecule has 5 nitrogen and oxygen atoms in total. The van der Waals surface area contributed by atoms with Crippen molar-refractivity contribution in [2.24, 2.45) is 5.84 Å². The number of hydrogen-bond donors (Lipinski definition) is 2. The zero-order valence-corrected chi connectivity index (χ0v) is 13.9. The van der Waals surface area contributed by atoms with E-state index in [-0.39, 0.29) is 5.91 Å². The summed E-state index contributed by atoms with van der Waals surface area (Å²) in [5.41, 5.74) is 4.95. The molecule has 24 heavy (non-hydrogen) atoms. The van der Waals surface area contributed by atoms with Crippen LogP contribution in [0.1, 0.15) is 21.6 Å². The van der Waals surface area contributed by atoms with E-state index in [0.29, 0.717) is 12.2 Å². The van der Waals surface area contributed by atoms with E-state index in [1.807, 2.05) is 53.1 Å². The van der Waals surface area contributed by atoms with Crippen molar-refractivity contribution in [2.75, 3.05) is 0 Å². The van der Waals surface area contributed by atoms with Crippen LogP contribution in [0.4, 0.5) is 0 Å². The van der Waals surface area contributed by atoms with E-state index >= 15 is 0 Å². The van der Waals surface area contributed by atoms with Crippen molar-refractivity contribution in [3.8, 4) is 0 Å². The van der Waals surface area contributed by atoms with Gasteiger partial charge < -0.3 is 4.57 Å². The van der Waals surface area contributed by atoms with Crippen LogP contribution < -0.4 is 11.3 Å². The monoisotopic (exact) mass is 338 g/mol. The van der Waals surface area contributed by atoms with Crippen LogP contribution in [-0.2, 0) is 12.3 Å². The smallest absolute Gasteiger partial charge is 0.283 e.